The van der Waals surface area contributed by atoms with E-state index in [0.717, 1.165) is 33.9 Å². The molecule has 0 radical (unpaired) electrons. The van der Waals surface area contributed by atoms with Crippen LogP contribution in [-0.2, 0) is 12.4 Å². The summed E-state index contributed by atoms with van der Waals surface area (Å²) in [5.41, 5.74) is 4.11. The Morgan fingerprint density at radius 2 is 2.14 bits per heavy atom. The lowest BCUT2D eigenvalue weighted by atomic mass is 10.2. The molecule has 0 atom stereocenters. The Hall–Kier alpha value is -2.07. The van der Waals surface area contributed by atoms with Crippen molar-refractivity contribution in [1.29, 1.82) is 0 Å². The normalized spacial score (nSPS) is 11.0. The van der Waals surface area contributed by atoms with Gasteiger partial charge in [-0.05, 0) is 30.7 Å². The molecule has 108 valence electrons. The van der Waals surface area contributed by atoms with E-state index >= 15 is 0 Å². The van der Waals surface area contributed by atoms with Crippen molar-refractivity contribution < 1.29 is 4.74 Å². The van der Waals surface area contributed by atoms with E-state index in [0.29, 0.717) is 12.4 Å². The zero-order valence-corrected chi connectivity index (χ0v) is 12.8. The van der Waals surface area contributed by atoms with Crippen molar-refractivity contribution >= 4 is 22.6 Å². The van der Waals surface area contributed by atoms with Crippen LogP contribution in [0.5, 0.6) is 5.75 Å². The van der Waals surface area contributed by atoms with Gasteiger partial charge in [-0.2, -0.15) is 0 Å². The molecule has 0 bridgehead atoms. The molecule has 0 fully saturated rings. The number of alkyl halides is 1. The van der Waals surface area contributed by atoms with Crippen molar-refractivity contribution in [2.75, 3.05) is 7.11 Å². The second-order valence-electron chi connectivity index (χ2n) is 4.87. The molecule has 0 aliphatic rings. The molecule has 0 amide bonds. The van der Waals surface area contributed by atoms with Crippen LogP contribution >= 0.6 is 11.6 Å². The monoisotopic (exact) mass is 301 g/mol. The van der Waals surface area contributed by atoms with E-state index in [4.69, 9.17) is 16.3 Å². The highest BCUT2D eigenvalue weighted by molar-refractivity contribution is 6.16. The highest BCUT2D eigenvalue weighted by Gasteiger charge is 2.12. The quantitative estimate of drug-likeness (QED) is 0.692. The van der Waals surface area contributed by atoms with Crippen molar-refractivity contribution in [2.45, 2.75) is 19.3 Å². The number of aryl methyl sites for hydroxylation is 1. The summed E-state index contributed by atoms with van der Waals surface area (Å²) >= 11 is 6.05. The summed E-state index contributed by atoms with van der Waals surface area (Å²) in [5, 5.41) is 0. The molecular weight excluding hydrogens is 286 g/mol. The van der Waals surface area contributed by atoms with Crippen LogP contribution in [0.4, 0.5) is 0 Å². The molecule has 0 aliphatic heterocycles. The van der Waals surface area contributed by atoms with E-state index < -0.39 is 0 Å². The third-order valence-electron chi connectivity index (χ3n) is 3.58. The molecule has 5 heteroatoms. The minimum absolute atomic E-state index is 0.364. The van der Waals surface area contributed by atoms with Crippen LogP contribution in [0.25, 0.3) is 11.0 Å². The van der Waals surface area contributed by atoms with E-state index in [1.54, 1.807) is 7.11 Å². The van der Waals surface area contributed by atoms with Crippen LogP contribution in [0.2, 0.25) is 0 Å². The fraction of sp³-hybridized carbons (Fsp3) is 0.250. The van der Waals surface area contributed by atoms with Gasteiger partial charge in [0.1, 0.15) is 11.6 Å². The Bertz CT molecular complexity index is 782. The molecule has 1 aromatic carbocycles. The molecular formula is C16H16ClN3O. The Morgan fingerprint density at radius 1 is 1.29 bits per heavy atom. The summed E-state index contributed by atoms with van der Waals surface area (Å²) in [6, 6.07) is 9.87. The van der Waals surface area contributed by atoms with Crippen LogP contribution in [0, 0.1) is 6.92 Å². The number of imidazole rings is 1. The van der Waals surface area contributed by atoms with Gasteiger partial charge in [0, 0.05) is 12.3 Å². The summed E-state index contributed by atoms with van der Waals surface area (Å²) in [7, 11) is 1.65. The highest BCUT2D eigenvalue weighted by Crippen LogP contribution is 2.23. The van der Waals surface area contributed by atoms with Crippen molar-refractivity contribution in [3.05, 3.63) is 53.6 Å². The number of nitrogens with zero attached hydrogens (tertiary/aromatic N) is 3. The number of hydrogen-bond acceptors (Lipinski definition) is 3. The number of pyridine rings is 1. The SMILES string of the molecule is COc1ccc2c(c1)nc(CCl)n2Cc1ncccc1C. The van der Waals surface area contributed by atoms with Gasteiger partial charge in [-0.1, -0.05) is 6.07 Å². The second-order valence-corrected chi connectivity index (χ2v) is 5.14. The molecule has 2 heterocycles. The highest BCUT2D eigenvalue weighted by atomic mass is 35.5. The maximum Gasteiger partial charge on any atom is 0.125 e. The van der Waals surface area contributed by atoms with Gasteiger partial charge in [-0.15, -0.1) is 11.6 Å². The van der Waals surface area contributed by atoms with Gasteiger partial charge >= 0.3 is 0 Å². The molecule has 0 aliphatic carbocycles. The maximum atomic E-state index is 6.05. The standard InChI is InChI=1S/C16H16ClN3O/c1-11-4-3-7-18-14(11)10-20-15-6-5-12(21-2)8-13(15)19-16(20)9-17/h3-8H,9-10H2,1-2H3. The average Bonchev–Trinajstić information content (AvgIpc) is 2.86. The van der Waals surface area contributed by atoms with Crippen LogP contribution in [0.15, 0.2) is 36.5 Å². The summed E-state index contributed by atoms with van der Waals surface area (Å²) in [6.45, 7) is 2.72. The maximum absolute atomic E-state index is 6.05. The van der Waals surface area contributed by atoms with E-state index in [2.05, 4.69) is 27.5 Å². The molecule has 0 saturated carbocycles. The summed E-state index contributed by atoms with van der Waals surface area (Å²) in [6.07, 6.45) is 1.81. The minimum Gasteiger partial charge on any atom is -0.497 e. The summed E-state index contributed by atoms with van der Waals surface area (Å²) in [5.74, 6) is 2.00. The van der Waals surface area contributed by atoms with E-state index in [1.807, 2.05) is 30.5 Å². The van der Waals surface area contributed by atoms with Gasteiger partial charge in [-0.3, -0.25) is 4.98 Å². The first kappa shape index (κ1) is 13.9. The van der Waals surface area contributed by atoms with Gasteiger partial charge < -0.3 is 9.30 Å². The largest absolute Gasteiger partial charge is 0.497 e. The second kappa shape index (κ2) is 5.74. The minimum atomic E-state index is 0.364. The predicted octanol–water partition coefficient (Wildman–Crippen LogP) is 3.54. The number of halogens is 1. The fourth-order valence-electron chi connectivity index (χ4n) is 2.40. The van der Waals surface area contributed by atoms with Crippen LogP contribution < -0.4 is 4.74 Å². The topological polar surface area (TPSA) is 39.9 Å². The van der Waals surface area contributed by atoms with Gasteiger partial charge in [-0.25, -0.2) is 4.98 Å². The van der Waals surface area contributed by atoms with Gasteiger partial charge in [0.2, 0.25) is 0 Å². The van der Waals surface area contributed by atoms with E-state index in [1.165, 1.54) is 0 Å². The third kappa shape index (κ3) is 2.59. The molecule has 0 N–H and O–H groups in total. The molecule has 4 nitrogen and oxygen atoms in total. The van der Waals surface area contributed by atoms with Gasteiger partial charge in [0.15, 0.2) is 0 Å². The molecule has 0 spiro atoms. The third-order valence-corrected chi connectivity index (χ3v) is 3.82. The summed E-state index contributed by atoms with van der Waals surface area (Å²) < 4.78 is 7.36. The lowest BCUT2D eigenvalue weighted by molar-refractivity contribution is 0.415. The zero-order chi connectivity index (χ0) is 14.8. The van der Waals surface area contributed by atoms with Crippen molar-refractivity contribution in [3.8, 4) is 5.75 Å². The smallest absolute Gasteiger partial charge is 0.125 e. The van der Waals surface area contributed by atoms with Crippen LogP contribution in [0.3, 0.4) is 0 Å². The molecule has 0 saturated heterocycles. The first-order chi connectivity index (χ1) is 10.2. The number of benzene rings is 1. The molecule has 3 aromatic rings. The van der Waals surface area contributed by atoms with E-state index in [9.17, 15) is 0 Å². The number of fused-ring (bicyclic) bond motifs is 1. The lowest BCUT2D eigenvalue weighted by Gasteiger charge is -2.09. The molecule has 21 heavy (non-hydrogen) atoms. The number of rotatable bonds is 4. The first-order valence-corrected chi connectivity index (χ1v) is 7.26. The van der Waals surface area contributed by atoms with Crippen molar-refractivity contribution in [3.63, 3.8) is 0 Å². The molecule has 2 aromatic heterocycles. The number of aromatic nitrogens is 3. The predicted molar refractivity (Wildman–Crippen MR) is 83.9 cm³/mol. The van der Waals surface area contributed by atoms with Gasteiger partial charge in [0.05, 0.1) is 36.3 Å². The number of ether oxygens (including phenoxy) is 1. The van der Waals surface area contributed by atoms with Crippen molar-refractivity contribution in [1.82, 2.24) is 14.5 Å². The lowest BCUT2D eigenvalue weighted by Crippen LogP contribution is -2.06. The number of methoxy groups -OCH3 is 1. The first-order valence-electron chi connectivity index (χ1n) is 6.72. The average molecular weight is 302 g/mol. The van der Waals surface area contributed by atoms with E-state index in [-0.39, 0.29) is 0 Å². The van der Waals surface area contributed by atoms with Crippen LogP contribution in [0.1, 0.15) is 17.1 Å². The Kier molecular flexibility index (Phi) is 3.80. The van der Waals surface area contributed by atoms with Crippen molar-refractivity contribution in [2.24, 2.45) is 0 Å². The molecule has 3 rings (SSSR count). The molecule has 0 unspecified atom stereocenters. The fourth-order valence-corrected chi connectivity index (χ4v) is 2.60. The Balaban J connectivity index is 2.10. The summed E-state index contributed by atoms with van der Waals surface area (Å²) in [4.78, 5) is 9.04. The van der Waals surface area contributed by atoms with Crippen LogP contribution in [-0.4, -0.2) is 21.6 Å². The number of hydrogen-bond donors (Lipinski definition) is 0. The Morgan fingerprint density at radius 3 is 2.86 bits per heavy atom. The zero-order valence-electron chi connectivity index (χ0n) is 12.0. The Labute approximate surface area is 128 Å². The van der Waals surface area contributed by atoms with Gasteiger partial charge in [0.25, 0.3) is 0 Å².